The highest BCUT2D eigenvalue weighted by Crippen LogP contribution is 2.56. The van der Waals surface area contributed by atoms with Gasteiger partial charge in [0.25, 0.3) is 0 Å². The van der Waals surface area contributed by atoms with E-state index in [1.807, 2.05) is 7.05 Å². The molecular formula is C16H26N2O. The molecular weight excluding hydrogens is 236 g/mol. The molecule has 5 rings (SSSR count). The molecule has 1 heterocycles. The maximum absolute atomic E-state index is 12.9. The Hall–Kier alpha value is -0.570. The number of likely N-dealkylation sites (N-methyl/N-ethyl adjacent to an activating group) is 1. The molecule has 1 amide bonds. The number of hydrogen-bond acceptors (Lipinski definition) is 2. The number of nitrogens with zero attached hydrogens (tertiary/aromatic N) is 1. The molecule has 106 valence electrons. The Labute approximate surface area is 116 Å². The molecule has 5 aliphatic rings. The minimum atomic E-state index is 0.374. The van der Waals surface area contributed by atoms with Gasteiger partial charge in [-0.1, -0.05) is 0 Å². The second-order valence-corrected chi connectivity index (χ2v) is 7.55. The van der Waals surface area contributed by atoms with E-state index in [0.717, 1.165) is 43.2 Å². The highest BCUT2D eigenvalue weighted by Gasteiger charge is 2.51. The zero-order chi connectivity index (χ0) is 13.0. The van der Waals surface area contributed by atoms with Crippen LogP contribution in [0.5, 0.6) is 0 Å². The maximum Gasteiger partial charge on any atom is 0.226 e. The van der Waals surface area contributed by atoms with E-state index >= 15 is 0 Å². The lowest BCUT2D eigenvalue weighted by atomic mass is 9.51. The molecule has 1 atom stereocenters. The molecule has 3 heteroatoms. The van der Waals surface area contributed by atoms with E-state index in [0.29, 0.717) is 17.9 Å². The molecule has 0 spiro atoms. The second kappa shape index (κ2) is 4.47. The van der Waals surface area contributed by atoms with Crippen LogP contribution in [0.2, 0.25) is 0 Å². The van der Waals surface area contributed by atoms with Crippen molar-refractivity contribution in [2.45, 2.75) is 44.6 Å². The van der Waals surface area contributed by atoms with Crippen LogP contribution in [-0.2, 0) is 4.79 Å². The van der Waals surface area contributed by atoms with Crippen molar-refractivity contribution in [3.63, 3.8) is 0 Å². The predicted octanol–water partition coefficient (Wildman–Crippen LogP) is 1.88. The largest absolute Gasteiger partial charge is 0.341 e. The Morgan fingerprint density at radius 2 is 1.68 bits per heavy atom. The zero-order valence-electron chi connectivity index (χ0n) is 12.0. The lowest BCUT2D eigenvalue weighted by Crippen LogP contribution is -2.53. The van der Waals surface area contributed by atoms with Crippen molar-refractivity contribution in [2.75, 3.05) is 20.1 Å². The van der Waals surface area contributed by atoms with Crippen molar-refractivity contribution < 1.29 is 4.79 Å². The molecule has 4 saturated carbocycles. The van der Waals surface area contributed by atoms with Crippen molar-refractivity contribution in [3.8, 4) is 0 Å². The van der Waals surface area contributed by atoms with E-state index in [9.17, 15) is 4.79 Å². The smallest absolute Gasteiger partial charge is 0.226 e. The maximum atomic E-state index is 12.9. The van der Waals surface area contributed by atoms with E-state index in [-0.39, 0.29) is 0 Å². The van der Waals surface area contributed by atoms with Crippen molar-refractivity contribution in [1.82, 2.24) is 10.2 Å². The summed E-state index contributed by atoms with van der Waals surface area (Å²) in [6.45, 7) is 2.07. The van der Waals surface area contributed by atoms with Crippen LogP contribution >= 0.6 is 0 Å². The summed E-state index contributed by atoms with van der Waals surface area (Å²) in [5.74, 6) is 4.22. The molecule has 0 aromatic carbocycles. The van der Waals surface area contributed by atoms with Crippen LogP contribution in [0.3, 0.4) is 0 Å². The molecule has 19 heavy (non-hydrogen) atoms. The van der Waals surface area contributed by atoms with Crippen LogP contribution in [-0.4, -0.2) is 37.0 Å². The molecule has 0 aromatic rings. The third-order valence-corrected chi connectivity index (χ3v) is 6.44. The average molecular weight is 262 g/mol. The topological polar surface area (TPSA) is 32.3 Å². The van der Waals surface area contributed by atoms with Gasteiger partial charge in [0.05, 0.1) is 0 Å². The predicted molar refractivity (Wildman–Crippen MR) is 74.6 cm³/mol. The van der Waals surface area contributed by atoms with Gasteiger partial charge in [0.2, 0.25) is 5.91 Å². The summed E-state index contributed by atoms with van der Waals surface area (Å²) >= 11 is 0. The highest BCUT2D eigenvalue weighted by atomic mass is 16.2. The average Bonchev–Trinajstić information content (AvgIpc) is 2.90. The van der Waals surface area contributed by atoms with Gasteiger partial charge in [0.1, 0.15) is 0 Å². The summed E-state index contributed by atoms with van der Waals surface area (Å²) in [4.78, 5) is 15.0. The van der Waals surface area contributed by atoms with Crippen LogP contribution in [0.25, 0.3) is 0 Å². The highest BCUT2D eigenvalue weighted by molar-refractivity contribution is 5.80. The zero-order valence-corrected chi connectivity index (χ0v) is 12.0. The first-order valence-electron chi connectivity index (χ1n) is 8.19. The molecule has 1 N–H and O–H groups in total. The Kier molecular flexibility index (Phi) is 2.87. The van der Waals surface area contributed by atoms with Gasteiger partial charge in [-0.05, 0) is 68.7 Å². The quantitative estimate of drug-likeness (QED) is 0.824. The minimum Gasteiger partial charge on any atom is -0.341 e. The van der Waals surface area contributed by atoms with E-state index in [4.69, 9.17) is 0 Å². The fourth-order valence-electron chi connectivity index (χ4n) is 5.71. The SMILES string of the molecule is CN(C(=O)C1C2CC3CC(C2)CC1C3)C1CCNC1. The summed E-state index contributed by atoms with van der Waals surface area (Å²) in [6, 6.07) is 0.449. The van der Waals surface area contributed by atoms with Crippen LogP contribution < -0.4 is 5.32 Å². The lowest BCUT2D eigenvalue weighted by molar-refractivity contribution is -0.149. The first-order valence-corrected chi connectivity index (χ1v) is 8.19. The molecule has 5 fully saturated rings. The monoisotopic (exact) mass is 262 g/mol. The fraction of sp³-hybridized carbons (Fsp3) is 0.938. The van der Waals surface area contributed by atoms with Crippen molar-refractivity contribution in [3.05, 3.63) is 0 Å². The van der Waals surface area contributed by atoms with Gasteiger partial charge in [0, 0.05) is 25.6 Å². The molecule has 1 saturated heterocycles. The Morgan fingerprint density at radius 1 is 1.05 bits per heavy atom. The van der Waals surface area contributed by atoms with Gasteiger partial charge < -0.3 is 10.2 Å². The Morgan fingerprint density at radius 3 is 2.21 bits per heavy atom. The van der Waals surface area contributed by atoms with Gasteiger partial charge in [-0.3, -0.25) is 4.79 Å². The van der Waals surface area contributed by atoms with Gasteiger partial charge >= 0.3 is 0 Å². The molecule has 0 aromatic heterocycles. The molecule has 4 aliphatic carbocycles. The fourth-order valence-corrected chi connectivity index (χ4v) is 5.71. The molecule has 4 bridgehead atoms. The van der Waals surface area contributed by atoms with Gasteiger partial charge in [-0.15, -0.1) is 0 Å². The van der Waals surface area contributed by atoms with Crippen LogP contribution in [0.1, 0.15) is 38.5 Å². The molecule has 1 aliphatic heterocycles. The number of nitrogens with one attached hydrogen (secondary N) is 1. The summed E-state index contributed by atoms with van der Waals surface area (Å²) < 4.78 is 0. The number of rotatable bonds is 2. The van der Waals surface area contributed by atoms with E-state index in [1.54, 1.807) is 0 Å². The van der Waals surface area contributed by atoms with Crippen molar-refractivity contribution in [1.29, 1.82) is 0 Å². The first-order chi connectivity index (χ1) is 9.22. The number of hydrogen-bond donors (Lipinski definition) is 1. The van der Waals surface area contributed by atoms with E-state index in [1.165, 1.54) is 32.1 Å². The second-order valence-electron chi connectivity index (χ2n) is 7.55. The van der Waals surface area contributed by atoms with E-state index in [2.05, 4.69) is 10.2 Å². The first kappa shape index (κ1) is 12.2. The molecule has 0 radical (unpaired) electrons. The summed E-state index contributed by atoms with van der Waals surface area (Å²) in [7, 11) is 2.05. The molecule has 3 nitrogen and oxygen atoms in total. The normalized spacial score (nSPS) is 47.6. The van der Waals surface area contributed by atoms with Crippen molar-refractivity contribution >= 4 is 5.91 Å². The van der Waals surface area contributed by atoms with Crippen LogP contribution in [0.4, 0.5) is 0 Å². The Bertz CT molecular complexity index is 347. The van der Waals surface area contributed by atoms with Gasteiger partial charge in [-0.25, -0.2) is 0 Å². The number of carbonyl (C=O) groups excluding carboxylic acids is 1. The van der Waals surface area contributed by atoms with E-state index < -0.39 is 0 Å². The summed E-state index contributed by atoms with van der Waals surface area (Å²) in [6.07, 6.45) is 7.99. The standard InChI is InChI=1S/C16H26N2O/c1-18(14-2-3-17-9-14)16(19)15-12-5-10-4-11(7-12)8-13(15)6-10/h10-15,17H,2-9H2,1H3. The summed E-state index contributed by atoms with van der Waals surface area (Å²) in [5, 5.41) is 3.38. The van der Waals surface area contributed by atoms with Gasteiger partial charge in [0.15, 0.2) is 0 Å². The number of amides is 1. The molecule has 1 unspecified atom stereocenters. The van der Waals surface area contributed by atoms with Crippen LogP contribution in [0, 0.1) is 29.6 Å². The third kappa shape index (κ3) is 1.93. The minimum absolute atomic E-state index is 0.374. The summed E-state index contributed by atoms with van der Waals surface area (Å²) in [5.41, 5.74) is 0. The van der Waals surface area contributed by atoms with Gasteiger partial charge in [-0.2, -0.15) is 0 Å². The Balaban J connectivity index is 1.50. The lowest BCUT2D eigenvalue weighted by Gasteiger charge is -2.54. The van der Waals surface area contributed by atoms with Crippen molar-refractivity contribution in [2.24, 2.45) is 29.6 Å². The van der Waals surface area contributed by atoms with Crippen LogP contribution in [0.15, 0.2) is 0 Å². The third-order valence-electron chi connectivity index (χ3n) is 6.44. The number of carbonyl (C=O) groups is 1.